The third-order valence-electron chi connectivity index (χ3n) is 2.59. The lowest BCUT2D eigenvalue weighted by molar-refractivity contribution is 0.0932. The first-order valence-electron chi connectivity index (χ1n) is 6.50. The summed E-state index contributed by atoms with van der Waals surface area (Å²) in [6.07, 6.45) is 3.63. The van der Waals surface area contributed by atoms with Gasteiger partial charge in [0, 0.05) is 32.5 Å². The molecule has 102 valence electrons. The number of nitrogens with zero attached hydrogens (tertiary/aromatic N) is 1. The molecule has 5 nitrogen and oxygen atoms in total. The summed E-state index contributed by atoms with van der Waals surface area (Å²) in [5.41, 5.74) is 6.92. The molecule has 1 aromatic heterocycles. The lowest BCUT2D eigenvalue weighted by atomic mass is 10.3. The minimum Gasteiger partial charge on any atom is -0.397 e. The molecule has 0 saturated heterocycles. The van der Waals surface area contributed by atoms with Crippen LogP contribution in [-0.2, 0) is 11.3 Å². The normalized spacial score (nSPS) is 10.6. The van der Waals surface area contributed by atoms with E-state index in [9.17, 15) is 4.79 Å². The molecular formula is C13H23N3O2. The number of rotatable bonds is 8. The number of carbonyl (C=O) groups excluding carboxylic acids is 1. The number of hydrogen-bond donors (Lipinski definition) is 2. The smallest absolute Gasteiger partial charge is 0.267 e. The molecule has 3 N–H and O–H groups in total. The van der Waals surface area contributed by atoms with Crippen LogP contribution in [0.3, 0.4) is 0 Å². The molecule has 1 heterocycles. The molecule has 1 amide bonds. The Bertz CT molecular complexity index is 374. The highest BCUT2D eigenvalue weighted by molar-refractivity contribution is 5.93. The van der Waals surface area contributed by atoms with Crippen molar-refractivity contribution in [3.05, 3.63) is 18.0 Å². The molecule has 0 spiro atoms. The molecule has 0 aliphatic heterocycles. The molecular weight excluding hydrogens is 230 g/mol. The molecule has 0 bridgehead atoms. The van der Waals surface area contributed by atoms with E-state index in [0.29, 0.717) is 24.5 Å². The zero-order valence-electron chi connectivity index (χ0n) is 11.2. The first-order valence-corrected chi connectivity index (χ1v) is 6.50. The lowest BCUT2D eigenvalue weighted by Crippen LogP contribution is -2.27. The Morgan fingerprint density at radius 3 is 2.89 bits per heavy atom. The second kappa shape index (κ2) is 7.76. The van der Waals surface area contributed by atoms with Crippen molar-refractivity contribution < 1.29 is 9.53 Å². The molecule has 0 saturated carbocycles. The van der Waals surface area contributed by atoms with E-state index >= 15 is 0 Å². The van der Waals surface area contributed by atoms with Crippen LogP contribution in [0.25, 0.3) is 0 Å². The average Bonchev–Trinajstić information content (AvgIpc) is 2.74. The third-order valence-corrected chi connectivity index (χ3v) is 2.59. The number of aromatic nitrogens is 1. The van der Waals surface area contributed by atoms with Crippen molar-refractivity contribution in [1.29, 1.82) is 0 Å². The highest BCUT2D eigenvalue weighted by Crippen LogP contribution is 2.10. The van der Waals surface area contributed by atoms with Crippen LogP contribution < -0.4 is 11.1 Å². The highest BCUT2D eigenvalue weighted by atomic mass is 16.5. The Morgan fingerprint density at radius 1 is 1.44 bits per heavy atom. The van der Waals surface area contributed by atoms with Crippen molar-refractivity contribution in [2.75, 3.05) is 25.5 Å². The van der Waals surface area contributed by atoms with Gasteiger partial charge in [-0.25, -0.2) is 0 Å². The quantitative estimate of drug-likeness (QED) is 0.692. The van der Waals surface area contributed by atoms with Gasteiger partial charge in [-0.05, 0) is 25.8 Å². The molecule has 18 heavy (non-hydrogen) atoms. The first kappa shape index (κ1) is 14.6. The molecule has 0 fully saturated rings. The van der Waals surface area contributed by atoms with Crippen LogP contribution in [0.2, 0.25) is 0 Å². The van der Waals surface area contributed by atoms with E-state index in [-0.39, 0.29) is 5.91 Å². The van der Waals surface area contributed by atoms with Gasteiger partial charge >= 0.3 is 0 Å². The van der Waals surface area contributed by atoms with Crippen molar-refractivity contribution in [2.45, 2.75) is 33.2 Å². The maximum absolute atomic E-state index is 11.9. The summed E-state index contributed by atoms with van der Waals surface area (Å²) >= 11 is 0. The molecule has 0 aliphatic rings. The number of amides is 1. The van der Waals surface area contributed by atoms with Crippen LogP contribution in [-0.4, -0.2) is 30.2 Å². The van der Waals surface area contributed by atoms with Crippen molar-refractivity contribution in [3.63, 3.8) is 0 Å². The van der Waals surface area contributed by atoms with Gasteiger partial charge in [-0.3, -0.25) is 4.79 Å². The Hall–Kier alpha value is -1.49. The molecule has 0 atom stereocenters. The van der Waals surface area contributed by atoms with Gasteiger partial charge in [-0.2, -0.15) is 0 Å². The minimum atomic E-state index is -0.0796. The van der Waals surface area contributed by atoms with Gasteiger partial charge in [-0.15, -0.1) is 0 Å². The van der Waals surface area contributed by atoms with E-state index < -0.39 is 0 Å². The number of nitrogens with two attached hydrogens (primary N) is 1. The van der Waals surface area contributed by atoms with Crippen LogP contribution in [0.5, 0.6) is 0 Å². The summed E-state index contributed by atoms with van der Waals surface area (Å²) in [6, 6.07) is 1.70. The Labute approximate surface area is 108 Å². The van der Waals surface area contributed by atoms with Gasteiger partial charge < -0.3 is 20.4 Å². The Balaban J connectivity index is 2.32. The summed E-state index contributed by atoms with van der Waals surface area (Å²) < 4.78 is 7.19. The summed E-state index contributed by atoms with van der Waals surface area (Å²) in [5, 5.41) is 2.87. The molecule has 5 heteroatoms. The van der Waals surface area contributed by atoms with Crippen LogP contribution >= 0.6 is 0 Å². The zero-order chi connectivity index (χ0) is 13.4. The number of aryl methyl sites for hydroxylation is 1. The zero-order valence-corrected chi connectivity index (χ0v) is 11.2. The van der Waals surface area contributed by atoms with Crippen molar-refractivity contribution in [3.8, 4) is 0 Å². The van der Waals surface area contributed by atoms with Crippen LogP contribution in [0, 0.1) is 0 Å². The Kier molecular flexibility index (Phi) is 6.28. The van der Waals surface area contributed by atoms with Crippen molar-refractivity contribution in [1.82, 2.24) is 9.88 Å². The second-order valence-corrected chi connectivity index (χ2v) is 4.17. The summed E-state index contributed by atoms with van der Waals surface area (Å²) in [7, 11) is 0. The second-order valence-electron chi connectivity index (χ2n) is 4.17. The van der Waals surface area contributed by atoms with E-state index in [1.165, 1.54) is 0 Å². The number of nitrogen functional groups attached to an aromatic ring is 1. The van der Waals surface area contributed by atoms with Gasteiger partial charge in [0.15, 0.2) is 0 Å². The molecule has 0 unspecified atom stereocenters. The van der Waals surface area contributed by atoms with Gasteiger partial charge in [0.05, 0.1) is 5.69 Å². The van der Waals surface area contributed by atoms with Gasteiger partial charge in [0.25, 0.3) is 5.91 Å². The fourth-order valence-corrected chi connectivity index (χ4v) is 1.70. The van der Waals surface area contributed by atoms with Gasteiger partial charge in [0.2, 0.25) is 0 Å². The molecule has 0 aliphatic carbocycles. The van der Waals surface area contributed by atoms with E-state index in [1.54, 1.807) is 12.3 Å². The monoisotopic (exact) mass is 253 g/mol. The molecule has 0 aromatic carbocycles. The molecule has 1 rings (SSSR count). The number of anilines is 1. The topological polar surface area (TPSA) is 69.3 Å². The van der Waals surface area contributed by atoms with Crippen LogP contribution in [0.15, 0.2) is 12.3 Å². The summed E-state index contributed by atoms with van der Waals surface area (Å²) in [4.78, 5) is 11.9. The van der Waals surface area contributed by atoms with Crippen LogP contribution in [0.4, 0.5) is 5.69 Å². The molecule has 0 radical (unpaired) electrons. The van der Waals surface area contributed by atoms with E-state index in [0.717, 1.165) is 26.0 Å². The van der Waals surface area contributed by atoms with Crippen LogP contribution in [0.1, 0.15) is 37.2 Å². The predicted octanol–water partition coefficient (Wildman–Crippen LogP) is 1.64. The van der Waals surface area contributed by atoms with E-state index in [1.807, 2.05) is 11.5 Å². The SMILES string of the molecule is CCCOCCCNC(=O)c1cc(N)cn1CC. The lowest BCUT2D eigenvalue weighted by Gasteiger charge is -2.07. The number of nitrogens with one attached hydrogen (secondary N) is 1. The summed E-state index contributed by atoms with van der Waals surface area (Å²) in [6.45, 7) is 6.88. The highest BCUT2D eigenvalue weighted by Gasteiger charge is 2.10. The molecule has 1 aromatic rings. The van der Waals surface area contributed by atoms with E-state index in [2.05, 4.69) is 12.2 Å². The number of carbonyl (C=O) groups is 1. The minimum absolute atomic E-state index is 0.0796. The van der Waals surface area contributed by atoms with Crippen molar-refractivity contribution >= 4 is 11.6 Å². The predicted molar refractivity (Wildman–Crippen MR) is 72.6 cm³/mol. The average molecular weight is 253 g/mol. The maximum Gasteiger partial charge on any atom is 0.267 e. The van der Waals surface area contributed by atoms with Crippen molar-refractivity contribution in [2.24, 2.45) is 0 Å². The fraction of sp³-hybridized carbons (Fsp3) is 0.615. The standard InChI is InChI=1S/C13H23N3O2/c1-3-7-18-8-5-6-15-13(17)12-9-11(14)10-16(12)4-2/h9-10H,3-8,14H2,1-2H3,(H,15,17). The first-order chi connectivity index (χ1) is 8.69. The van der Waals surface area contributed by atoms with E-state index in [4.69, 9.17) is 10.5 Å². The van der Waals surface area contributed by atoms with Gasteiger partial charge in [-0.1, -0.05) is 6.92 Å². The Morgan fingerprint density at radius 2 is 2.22 bits per heavy atom. The number of ether oxygens (including phenoxy) is 1. The maximum atomic E-state index is 11.9. The summed E-state index contributed by atoms with van der Waals surface area (Å²) in [5.74, 6) is -0.0796. The van der Waals surface area contributed by atoms with Gasteiger partial charge in [0.1, 0.15) is 5.69 Å². The fourth-order valence-electron chi connectivity index (χ4n) is 1.70. The third kappa shape index (κ3) is 4.41. The number of hydrogen-bond acceptors (Lipinski definition) is 3. The largest absolute Gasteiger partial charge is 0.397 e.